The number of likely N-dealkylation sites (tertiary alicyclic amines) is 1. The molecule has 106 valence electrons. The van der Waals surface area contributed by atoms with E-state index in [9.17, 15) is 8.42 Å². The Morgan fingerprint density at radius 2 is 1.84 bits per heavy atom. The van der Waals surface area contributed by atoms with E-state index >= 15 is 0 Å². The molecule has 3 nitrogen and oxygen atoms in total. The SMILES string of the molecule is CC1CCC(C)N1C1CS(=O)(=O)C12CC1C=CC2C1. The lowest BCUT2D eigenvalue weighted by molar-refractivity contribution is 0.0949. The van der Waals surface area contributed by atoms with Gasteiger partial charge in [0.05, 0.1) is 10.5 Å². The van der Waals surface area contributed by atoms with Gasteiger partial charge in [-0.05, 0) is 51.4 Å². The van der Waals surface area contributed by atoms with Crippen molar-refractivity contribution in [1.82, 2.24) is 4.90 Å². The molecule has 19 heavy (non-hydrogen) atoms. The van der Waals surface area contributed by atoms with E-state index < -0.39 is 14.6 Å². The Balaban J connectivity index is 1.73. The highest BCUT2D eigenvalue weighted by atomic mass is 32.2. The lowest BCUT2D eigenvalue weighted by Crippen LogP contribution is -2.72. The minimum absolute atomic E-state index is 0.282. The van der Waals surface area contributed by atoms with E-state index in [1.54, 1.807) is 0 Å². The van der Waals surface area contributed by atoms with Crippen LogP contribution in [0.3, 0.4) is 0 Å². The fourth-order valence-electron chi connectivity index (χ4n) is 5.37. The molecule has 2 heterocycles. The number of nitrogens with zero attached hydrogens (tertiary/aromatic N) is 1. The minimum atomic E-state index is -2.88. The van der Waals surface area contributed by atoms with Gasteiger partial charge in [0, 0.05) is 18.1 Å². The molecule has 4 aliphatic rings. The summed E-state index contributed by atoms with van der Waals surface area (Å²) in [6, 6.07) is 1.39. The highest BCUT2D eigenvalue weighted by Gasteiger charge is 2.70. The van der Waals surface area contributed by atoms with Crippen molar-refractivity contribution >= 4 is 9.84 Å². The summed E-state index contributed by atoms with van der Waals surface area (Å²) in [4.78, 5) is 2.54. The minimum Gasteiger partial charge on any atom is -0.292 e. The first kappa shape index (κ1) is 12.4. The summed E-state index contributed by atoms with van der Waals surface area (Å²) in [5, 5.41) is 0. The van der Waals surface area contributed by atoms with Crippen molar-refractivity contribution in [2.24, 2.45) is 11.8 Å². The van der Waals surface area contributed by atoms with Gasteiger partial charge in [0.1, 0.15) is 0 Å². The maximum absolute atomic E-state index is 12.6. The average Bonchev–Trinajstić information content (AvgIpc) is 3.03. The van der Waals surface area contributed by atoms with E-state index in [0.29, 0.717) is 29.7 Å². The van der Waals surface area contributed by atoms with Crippen molar-refractivity contribution in [1.29, 1.82) is 0 Å². The van der Waals surface area contributed by atoms with E-state index in [0.717, 1.165) is 12.8 Å². The summed E-state index contributed by atoms with van der Waals surface area (Å²) in [5.74, 6) is 1.22. The lowest BCUT2D eigenvalue weighted by atomic mass is 9.83. The number of rotatable bonds is 1. The van der Waals surface area contributed by atoms with Crippen LogP contribution in [0.15, 0.2) is 12.2 Å². The van der Waals surface area contributed by atoms with Crippen molar-refractivity contribution in [3.05, 3.63) is 12.2 Å². The van der Waals surface area contributed by atoms with Gasteiger partial charge in [-0.2, -0.15) is 0 Å². The van der Waals surface area contributed by atoms with Crippen LogP contribution in [0.1, 0.15) is 39.5 Å². The molecule has 1 saturated carbocycles. The quantitative estimate of drug-likeness (QED) is 0.690. The number of hydrogen-bond acceptors (Lipinski definition) is 3. The predicted molar refractivity (Wildman–Crippen MR) is 75.7 cm³/mol. The largest absolute Gasteiger partial charge is 0.292 e. The Morgan fingerprint density at radius 1 is 1.16 bits per heavy atom. The normalized spacial score (nSPS) is 54.9. The second kappa shape index (κ2) is 3.64. The van der Waals surface area contributed by atoms with Crippen LogP contribution in [0.2, 0.25) is 0 Å². The number of allylic oxidation sites excluding steroid dienone is 2. The number of fused-ring (bicyclic) bond motifs is 3. The van der Waals surface area contributed by atoms with Gasteiger partial charge in [0.25, 0.3) is 0 Å². The molecule has 2 bridgehead atoms. The highest BCUT2D eigenvalue weighted by Crippen LogP contribution is 2.59. The molecule has 0 aromatic rings. The molecule has 0 N–H and O–H groups in total. The molecule has 0 radical (unpaired) electrons. The molecular weight excluding hydrogens is 258 g/mol. The van der Waals surface area contributed by atoms with Crippen molar-refractivity contribution in [3.63, 3.8) is 0 Å². The highest BCUT2D eigenvalue weighted by molar-refractivity contribution is 7.94. The summed E-state index contributed by atoms with van der Waals surface area (Å²) in [6.45, 7) is 4.54. The van der Waals surface area contributed by atoms with Crippen LogP contribution in [0.4, 0.5) is 0 Å². The van der Waals surface area contributed by atoms with Crippen LogP contribution in [-0.2, 0) is 9.84 Å². The molecule has 2 aliphatic heterocycles. The molecule has 0 aromatic heterocycles. The first-order valence-electron chi connectivity index (χ1n) is 7.64. The topological polar surface area (TPSA) is 37.4 Å². The zero-order chi connectivity index (χ0) is 13.4. The molecule has 3 fully saturated rings. The summed E-state index contributed by atoms with van der Waals surface area (Å²) < 4.78 is 24.7. The van der Waals surface area contributed by atoms with Crippen molar-refractivity contribution in [2.75, 3.05) is 5.75 Å². The standard InChI is InChI=1S/C15H23NO2S/c1-10-3-4-11(2)16(10)14-9-19(17,18)15(14)8-12-5-6-13(15)7-12/h5-6,10-14H,3-4,7-9H2,1-2H3. The number of hydrogen-bond donors (Lipinski definition) is 0. The van der Waals surface area contributed by atoms with Crippen molar-refractivity contribution in [3.8, 4) is 0 Å². The summed E-state index contributed by atoms with van der Waals surface area (Å²) in [7, 11) is -2.88. The molecule has 4 heteroatoms. The predicted octanol–water partition coefficient (Wildman–Crippen LogP) is 1.99. The van der Waals surface area contributed by atoms with E-state index in [-0.39, 0.29) is 6.04 Å². The van der Waals surface area contributed by atoms with E-state index in [1.165, 1.54) is 12.8 Å². The molecule has 4 rings (SSSR count). The molecule has 6 atom stereocenters. The van der Waals surface area contributed by atoms with Gasteiger partial charge in [0.15, 0.2) is 9.84 Å². The summed E-state index contributed by atoms with van der Waals surface area (Å²) in [6.07, 6.45) is 8.85. The van der Waals surface area contributed by atoms with E-state index in [4.69, 9.17) is 0 Å². The van der Waals surface area contributed by atoms with Crippen LogP contribution in [0.25, 0.3) is 0 Å². The third-order valence-electron chi connectivity index (χ3n) is 6.28. The zero-order valence-electron chi connectivity index (χ0n) is 11.7. The Labute approximate surface area is 116 Å². The van der Waals surface area contributed by atoms with Crippen LogP contribution in [0.5, 0.6) is 0 Å². The summed E-state index contributed by atoms with van der Waals surface area (Å²) in [5.41, 5.74) is 0. The Hall–Kier alpha value is -0.350. The van der Waals surface area contributed by atoms with Crippen LogP contribution in [-0.4, -0.2) is 41.9 Å². The summed E-state index contributed by atoms with van der Waals surface area (Å²) >= 11 is 0. The molecule has 0 aromatic carbocycles. The fraction of sp³-hybridized carbons (Fsp3) is 0.867. The van der Waals surface area contributed by atoms with Gasteiger partial charge in [-0.1, -0.05) is 12.2 Å². The fourth-order valence-corrected chi connectivity index (χ4v) is 7.99. The van der Waals surface area contributed by atoms with Gasteiger partial charge in [0.2, 0.25) is 0 Å². The van der Waals surface area contributed by atoms with Gasteiger partial charge >= 0.3 is 0 Å². The maximum Gasteiger partial charge on any atom is 0.159 e. The molecular formula is C15H23NO2S. The Bertz CT molecular complexity index is 530. The van der Waals surface area contributed by atoms with Gasteiger partial charge in [-0.15, -0.1) is 0 Å². The van der Waals surface area contributed by atoms with Crippen LogP contribution >= 0.6 is 0 Å². The molecule has 6 unspecified atom stereocenters. The second-order valence-corrected chi connectivity index (χ2v) is 9.49. The molecule has 2 aliphatic carbocycles. The number of sulfone groups is 1. The van der Waals surface area contributed by atoms with Crippen LogP contribution < -0.4 is 0 Å². The lowest BCUT2D eigenvalue weighted by Gasteiger charge is -2.55. The van der Waals surface area contributed by atoms with Gasteiger partial charge in [-0.25, -0.2) is 8.42 Å². The first-order chi connectivity index (χ1) is 8.96. The average molecular weight is 281 g/mol. The Morgan fingerprint density at radius 3 is 2.32 bits per heavy atom. The van der Waals surface area contributed by atoms with Crippen molar-refractivity contribution in [2.45, 2.75) is 62.4 Å². The van der Waals surface area contributed by atoms with Gasteiger partial charge in [-0.3, -0.25) is 4.90 Å². The van der Waals surface area contributed by atoms with Gasteiger partial charge < -0.3 is 0 Å². The zero-order valence-corrected chi connectivity index (χ0v) is 12.6. The molecule has 1 spiro atoms. The van der Waals surface area contributed by atoms with E-state index in [1.807, 2.05) is 0 Å². The Kier molecular flexibility index (Phi) is 2.38. The maximum atomic E-state index is 12.6. The third kappa shape index (κ3) is 1.35. The smallest absolute Gasteiger partial charge is 0.159 e. The first-order valence-corrected chi connectivity index (χ1v) is 9.29. The van der Waals surface area contributed by atoms with Crippen LogP contribution in [0, 0.1) is 11.8 Å². The van der Waals surface area contributed by atoms with Crippen molar-refractivity contribution < 1.29 is 8.42 Å². The third-order valence-corrected chi connectivity index (χ3v) is 8.94. The molecule has 2 saturated heterocycles. The second-order valence-electron chi connectivity index (χ2n) is 7.17. The van der Waals surface area contributed by atoms with E-state index in [2.05, 4.69) is 30.9 Å². The monoisotopic (exact) mass is 281 g/mol. The molecule has 0 amide bonds.